The van der Waals surface area contributed by atoms with E-state index in [1.807, 2.05) is 0 Å². The molecule has 1 atom stereocenters. The molecule has 1 unspecified atom stereocenters. The third-order valence-corrected chi connectivity index (χ3v) is 6.84. The summed E-state index contributed by atoms with van der Waals surface area (Å²) in [7, 11) is -3.78. The van der Waals surface area contributed by atoms with Crippen LogP contribution in [0.3, 0.4) is 0 Å². The molecule has 0 radical (unpaired) electrons. The van der Waals surface area contributed by atoms with E-state index in [1.165, 1.54) is 34.7 Å². The van der Waals surface area contributed by atoms with Crippen LogP contribution in [0, 0.1) is 5.82 Å². The molecule has 88 valence electrons. The van der Waals surface area contributed by atoms with E-state index < -0.39 is 23.7 Å². The van der Waals surface area contributed by atoms with Gasteiger partial charge < -0.3 is 0 Å². The van der Waals surface area contributed by atoms with Gasteiger partial charge in [-0.2, -0.15) is 0 Å². The molecule has 0 aliphatic carbocycles. The SMILES string of the molecule is CS(=O)(=O)C(Cl)(I)C(=O)c1cccc(F)c1. The highest BCUT2D eigenvalue weighted by molar-refractivity contribution is 14.1. The van der Waals surface area contributed by atoms with Gasteiger partial charge >= 0.3 is 0 Å². The molecule has 0 bridgehead atoms. The Bertz CT molecular complexity index is 527. The number of carbonyl (C=O) groups excluding carboxylic acids is 1. The first-order valence-corrected chi connectivity index (χ1v) is 7.39. The summed E-state index contributed by atoms with van der Waals surface area (Å²) in [6.45, 7) is 0. The molecule has 1 aromatic rings. The summed E-state index contributed by atoms with van der Waals surface area (Å²) >= 11 is 7.01. The third-order valence-electron chi connectivity index (χ3n) is 1.82. The number of hydrogen-bond donors (Lipinski definition) is 0. The van der Waals surface area contributed by atoms with Gasteiger partial charge in [-0.05, 0) is 34.7 Å². The summed E-state index contributed by atoms with van der Waals surface area (Å²) in [5.41, 5.74) is -0.0742. The highest BCUT2D eigenvalue weighted by Gasteiger charge is 2.44. The molecule has 0 aliphatic rings. The lowest BCUT2D eigenvalue weighted by Crippen LogP contribution is -2.34. The highest BCUT2D eigenvalue weighted by Crippen LogP contribution is 2.34. The minimum absolute atomic E-state index is 0.0742. The molecule has 0 aliphatic heterocycles. The fourth-order valence-corrected chi connectivity index (χ4v) is 1.84. The highest BCUT2D eigenvalue weighted by atomic mass is 127. The van der Waals surface area contributed by atoms with Gasteiger partial charge in [-0.25, -0.2) is 12.8 Å². The number of rotatable bonds is 3. The van der Waals surface area contributed by atoms with Crippen LogP contribution in [0.1, 0.15) is 10.4 Å². The Morgan fingerprint density at radius 2 is 2.06 bits per heavy atom. The molecule has 0 fully saturated rings. The molecular weight excluding hydrogens is 370 g/mol. The van der Waals surface area contributed by atoms with E-state index in [9.17, 15) is 17.6 Å². The molecule has 0 N–H and O–H groups in total. The maximum absolute atomic E-state index is 12.9. The second-order valence-electron chi connectivity index (χ2n) is 3.13. The quantitative estimate of drug-likeness (QED) is 0.462. The number of Topliss-reactive ketones (excluding diaryl/α,β-unsaturated/α-hetero) is 1. The van der Waals surface area contributed by atoms with E-state index in [0.29, 0.717) is 0 Å². The van der Waals surface area contributed by atoms with Gasteiger partial charge in [-0.15, -0.1) is 0 Å². The first-order valence-electron chi connectivity index (χ1n) is 4.04. The standard InChI is InChI=1S/C9H7ClFIO3S/c1-16(14,15)9(10,12)8(13)6-3-2-4-7(11)5-6/h2-5H,1H3. The number of sulfone groups is 1. The maximum atomic E-state index is 12.9. The Morgan fingerprint density at radius 1 is 1.50 bits per heavy atom. The number of carbonyl (C=O) groups is 1. The Hall–Kier alpha value is -0.210. The normalized spacial score (nSPS) is 15.5. The summed E-state index contributed by atoms with van der Waals surface area (Å²) in [6, 6.07) is 4.73. The van der Waals surface area contributed by atoms with E-state index in [4.69, 9.17) is 11.6 Å². The molecule has 0 spiro atoms. The zero-order valence-corrected chi connectivity index (χ0v) is 11.8. The largest absolute Gasteiger partial charge is 0.290 e. The van der Waals surface area contributed by atoms with Gasteiger partial charge in [-0.1, -0.05) is 23.7 Å². The first-order chi connectivity index (χ1) is 7.16. The van der Waals surface area contributed by atoms with Crippen LogP contribution in [0.25, 0.3) is 0 Å². The van der Waals surface area contributed by atoms with Crippen molar-refractivity contribution in [1.82, 2.24) is 0 Å². The zero-order chi connectivity index (χ0) is 12.6. The summed E-state index contributed by atoms with van der Waals surface area (Å²) in [4.78, 5) is 11.8. The number of alkyl halides is 2. The Kier molecular flexibility index (Phi) is 3.96. The summed E-state index contributed by atoms with van der Waals surface area (Å²) in [6.07, 6.45) is 0.851. The van der Waals surface area contributed by atoms with E-state index in [-0.39, 0.29) is 5.56 Å². The van der Waals surface area contributed by atoms with Crippen LogP contribution in [-0.4, -0.2) is 22.7 Å². The van der Waals surface area contributed by atoms with Crippen LogP contribution in [-0.2, 0) is 9.84 Å². The second kappa shape index (κ2) is 4.58. The molecule has 1 rings (SSSR count). The average Bonchev–Trinajstić information content (AvgIpc) is 2.14. The molecule has 0 aromatic heterocycles. The van der Waals surface area contributed by atoms with Crippen molar-refractivity contribution in [1.29, 1.82) is 0 Å². The van der Waals surface area contributed by atoms with E-state index >= 15 is 0 Å². The van der Waals surface area contributed by atoms with Crippen LogP contribution in [0.4, 0.5) is 4.39 Å². The zero-order valence-electron chi connectivity index (χ0n) is 8.08. The lowest BCUT2D eigenvalue weighted by Gasteiger charge is -2.16. The second-order valence-corrected chi connectivity index (χ2v) is 9.06. The van der Waals surface area contributed by atoms with Gasteiger partial charge in [0.2, 0.25) is 5.78 Å². The lowest BCUT2D eigenvalue weighted by atomic mass is 10.1. The summed E-state index contributed by atoms with van der Waals surface area (Å²) in [5.74, 6) is -1.47. The smallest absolute Gasteiger partial charge is 0.257 e. The number of benzene rings is 1. The summed E-state index contributed by atoms with van der Waals surface area (Å²) in [5, 5.41) is 0. The van der Waals surface area contributed by atoms with Crippen LogP contribution < -0.4 is 0 Å². The van der Waals surface area contributed by atoms with Crippen molar-refractivity contribution in [2.24, 2.45) is 0 Å². The summed E-state index contributed by atoms with van der Waals surface area (Å²) < 4.78 is 33.4. The van der Waals surface area contributed by atoms with E-state index in [2.05, 4.69) is 0 Å². The van der Waals surface area contributed by atoms with Gasteiger partial charge in [0.05, 0.1) is 0 Å². The van der Waals surface area contributed by atoms with Crippen LogP contribution in [0.2, 0.25) is 0 Å². The van der Waals surface area contributed by atoms with Crippen LogP contribution >= 0.6 is 34.2 Å². The predicted octanol–water partition coefficient (Wildman–Crippen LogP) is 2.38. The Morgan fingerprint density at radius 3 is 2.50 bits per heavy atom. The molecule has 0 amide bonds. The number of halogens is 3. The number of hydrogen-bond acceptors (Lipinski definition) is 3. The average molecular weight is 377 g/mol. The molecule has 1 aromatic carbocycles. The van der Waals surface area contributed by atoms with E-state index in [1.54, 1.807) is 0 Å². The fraction of sp³-hybridized carbons (Fsp3) is 0.222. The lowest BCUT2D eigenvalue weighted by molar-refractivity contribution is 0.100. The van der Waals surface area contributed by atoms with E-state index in [0.717, 1.165) is 18.4 Å². The van der Waals surface area contributed by atoms with Gasteiger partial charge in [-0.3, -0.25) is 4.79 Å². The number of ketones is 1. The van der Waals surface area contributed by atoms with Crippen molar-refractivity contribution in [2.45, 2.75) is 2.21 Å². The topological polar surface area (TPSA) is 51.2 Å². The van der Waals surface area contributed by atoms with Crippen LogP contribution in [0.5, 0.6) is 0 Å². The molecule has 0 saturated heterocycles. The minimum Gasteiger partial charge on any atom is -0.290 e. The van der Waals surface area contributed by atoms with Crippen molar-refractivity contribution >= 4 is 49.8 Å². The van der Waals surface area contributed by atoms with Gasteiger partial charge in [0.1, 0.15) is 5.82 Å². The monoisotopic (exact) mass is 376 g/mol. The molecule has 0 heterocycles. The van der Waals surface area contributed by atoms with Crippen molar-refractivity contribution in [3.63, 3.8) is 0 Å². The third kappa shape index (κ3) is 2.72. The molecular formula is C9H7ClFIO3S. The van der Waals surface area contributed by atoms with Crippen molar-refractivity contribution in [3.8, 4) is 0 Å². The van der Waals surface area contributed by atoms with Crippen LogP contribution in [0.15, 0.2) is 24.3 Å². The predicted molar refractivity (Wildman–Crippen MR) is 68.2 cm³/mol. The first kappa shape index (κ1) is 13.9. The molecule has 16 heavy (non-hydrogen) atoms. The Balaban J connectivity index is 3.23. The molecule has 3 nitrogen and oxygen atoms in total. The molecule has 7 heteroatoms. The van der Waals surface area contributed by atoms with Gasteiger partial charge in [0.15, 0.2) is 9.84 Å². The van der Waals surface area contributed by atoms with Crippen molar-refractivity contribution in [3.05, 3.63) is 35.6 Å². The Labute approximate surface area is 111 Å². The fourth-order valence-electron chi connectivity index (χ4n) is 0.966. The molecule has 0 saturated carbocycles. The minimum atomic E-state index is -3.78. The maximum Gasteiger partial charge on any atom is 0.257 e. The van der Waals surface area contributed by atoms with Crippen molar-refractivity contribution in [2.75, 3.05) is 6.26 Å². The van der Waals surface area contributed by atoms with Crippen molar-refractivity contribution < 1.29 is 17.6 Å². The van der Waals surface area contributed by atoms with Gasteiger partial charge in [0.25, 0.3) is 2.21 Å². The van der Waals surface area contributed by atoms with Gasteiger partial charge in [0, 0.05) is 11.8 Å².